The smallest absolute Gasteiger partial charge is 0.274 e. The molecule has 2 aromatic carbocycles. The van der Waals surface area contributed by atoms with E-state index in [1.807, 2.05) is 48.1 Å². The minimum Gasteiger partial charge on any atom is -0.361 e. The molecule has 6 nitrogen and oxygen atoms in total. The van der Waals surface area contributed by atoms with Gasteiger partial charge in [0.15, 0.2) is 5.69 Å². The van der Waals surface area contributed by atoms with Crippen LogP contribution in [0.1, 0.15) is 46.8 Å². The van der Waals surface area contributed by atoms with E-state index in [0.29, 0.717) is 18.7 Å². The normalized spacial score (nSPS) is 13.0. The summed E-state index contributed by atoms with van der Waals surface area (Å²) in [5.41, 5.74) is 5.21. The van der Waals surface area contributed by atoms with E-state index in [-0.39, 0.29) is 11.7 Å². The Morgan fingerprint density at radius 2 is 1.85 bits per heavy atom. The quantitative estimate of drug-likeness (QED) is 0.379. The Morgan fingerprint density at radius 1 is 1.09 bits per heavy atom. The third-order valence-corrected chi connectivity index (χ3v) is 6.35. The van der Waals surface area contributed by atoms with Crippen molar-refractivity contribution < 1.29 is 13.7 Å². The second-order valence-corrected chi connectivity index (χ2v) is 8.74. The number of benzene rings is 2. The lowest BCUT2D eigenvalue weighted by atomic mass is 9.95. The minimum atomic E-state index is -0.288. The summed E-state index contributed by atoms with van der Waals surface area (Å²) in [6, 6.07) is 18.1. The van der Waals surface area contributed by atoms with Gasteiger partial charge in [-0.3, -0.25) is 4.79 Å². The van der Waals surface area contributed by atoms with Gasteiger partial charge in [0.1, 0.15) is 17.3 Å². The molecular weight excluding hydrogens is 431 g/mol. The third-order valence-electron chi connectivity index (χ3n) is 6.35. The molecule has 1 amide bonds. The monoisotopic (exact) mass is 458 g/mol. The van der Waals surface area contributed by atoms with Gasteiger partial charge in [0.05, 0.1) is 5.69 Å². The molecular formula is C27H27FN4O2. The highest BCUT2D eigenvalue weighted by Gasteiger charge is 2.27. The molecule has 5 rings (SSSR count). The molecule has 1 aliphatic carbocycles. The van der Waals surface area contributed by atoms with Gasteiger partial charge in [0.2, 0.25) is 0 Å². The molecule has 0 unspecified atom stereocenters. The standard InChI is InChI=1S/C27H27FN4O2/c1-31(17-7-10-22-18-24(30-34-22)19-8-3-2-4-9-19)27(33)26-23-11-5-6-12-25(23)32(29-26)21-15-13-20(28)14-16-21/h2-4,8-9,13-16,18H,5-7,10-12,17H2,1H3. The number of aryl methyl sites for hydroxylation is 1. The van der Waals surface area contributed by atoms with Gasteiger partial charge in [-0.25, -0.2) is 9.07 Å². The lowest BCUT2D eigenvalue weighted by molar-refractivity contribution is 0.0785. The summed E-state index contributed by atoms with van der Waals surface area (Å²) in [4.78, 5) is 15.0. The fourth-order valence-corrected chi connectivity index (χ4v) is 4.52. The van der Waals surface area contributed by atoms with Crippen molar-refractivity contribution in [2.24, 2.45) is 0 Å². The topological polar surface area (TPSA) is 64.2 Å². The number of carbonyl (C=O) groups is 1. The van der Waals surface area contributed by atoms with Gasteiger partial charge in [-0.15, -0.1) is 0 Å². The van der Waals surface area contributed by atoms with Crippen molar-refractivity contribution in [2.75, 3.05) is 13.6 Å². The van der Waals surface area contributed by atoms with E-state index < -0.39 is 0 Å². The van der Waals surface area contributed by atoms with Gasteiger partial charge in [-0.1, -0.05) is 35.5 Å². The van der Waals surface area contributed by atoms with Crippen molar-refractivity contribution in [1.29, 1.82) is 0 Å². The van der Waals surface area contributed by atoms with Crippen LogP contribution in [0.15, 0.2) is 65.2 Å². The molecule has 0 saturated carbocycles. The molecule has 34 heavy (non-hydrogen) atoms. The number of aromatic nitrogens is 3. The van der Waals surface area contributed by atoms with Crippen LogP contribution < -0.4 is 0 Å². The number of hydrogen-bond acceptors (Lipinski definition) is 4. The summed E-state index contributed by atoms with van der Waals surface area (Å²) in [7, 11) is 1.81. The second kappa shape index (κ2) is 9.63. The fourth-order valence-electron chi connectivity index (χ4n) is 4.52. The zero-order chi connectivity index (χ0) is 23.5. The number of carbonyl (C=O) groups excluding carboxylic acids is 1. The van der Waals surface area contributed by atoms with Gasteiger partial charge in [0.25, 0.3) is 5.91 Å². The first-order valence-electron chi connectivity index (χ1n) is 11.7. The SMILES string of the molecule is CN(CCCc1cc(-c2ccccc2)no1)C(=O)c1nn(-c2ccc(F)cc2)c2c1CCCC2. The zero-order valence-corrected chi connectivity index (χ0v) is 19.2. The predicted molar refractivity (Wildman–Crippen MR) is 127 cm³/mol. The van der Waals surface area contributed by atoms with Crippen LogP contribution in [0, 0.1) is 5.82 Å². The Hall–Kier alpha value is -3.74. The van der Waals surface area contributed by atoms with E-state index in [4.69, 9.17) is 9.62 Å². The van der Waals surface area contributed by atoms with Crippen molar-refractivity contribution in [1.82, 2.24) is 19.8 Å². The number of hydrogen-bond donors (Lipinski definition) is 0. The molecule has 4 aromatic rings. The minimum absolute atomic E-state index is 0.0819. The fraction of sp³-hybridized carbons (Fsp3) is 0.296. The van der Waals surface area contributed by atoms with E-state index >= 15 is 0 Å². The molecule has 0 bridgehead atoms. The van der Waals surface area contributed by atoms with Gasteiger partial charge in [-0.05, 0) is 56.4 Å². The Kier molecular flexibility index (Phi) is 6.25. The predicted octanol–water partition coefficient (Wildman–Crippen LogP) is 5.25. The molecule has 0 aliphatic heterocycles. The Labute approximate surface area is 198 Å². The molecule has 2 aromatic heterocycles. The Balaban J connectivity index is 1.26. The van der Waals surface area contributed by atoms with Crippen molar-refractivity contribution in [3.8, 4) is 16.9 Å². The molecule has 1 aliphatic rings. The van der Waals surface area contributed by atoms with Gasteiger partial charge < -0.3 is 9.42 Å². The second-order valence-electron chi connectivity index (χ2n) is 8.74. The first-order chi connectivity index (χ1) is 16.6. The maximum Gasteiger partial charge on any atom is 0.274 e. The lowest BCUT2D eigenvalue weighted by Crippen LogP contribution is -2.29. The maximum absolute atomic E-state index is 13.4. The van der Waals surface area contributed by atoms with Crippen LogP contribution in [0.3, 0.4) is 0 Å². The lowest BCUT2D eigenvalue weighted by Gasteiger charge is -2.17. The Bertz CT molecular complexity index is 1280. The molecule has 0 radical (unpaired) electrons. The summed E-state index contributed by atoms with van der Waals surface area (Å²) < 4.78 is 20.7. The highest BCUT2D eigenvalue weighted by atomic mass is 19.1. The molecule has 0 saturated heterocycles. The largest absolute Gasteiger partial charge is 0.361 e. The van der Waals surface area contributed by atoms with Crippen LogP contribution in [0.2, 0.25) is 0 Å². The van der Waals surface area contributed by atoms with Crippen LogP contribution in [-0.4, -0.2) is 39.3 Å². The maximum atomic E-state index is 13.4. The van der Waals surface area contributed by atoms with E-state index in [2.05, 4.69) is 5.16 Å². The van der Waals surface area contributed by atoms with Crippen LogP contribution in [0.5, 0.6) is 0 Å². The van der Waals surface area contributed by atoms with Crippen molar-refractivity contribution in [3.05, 3.63) is 89.2 Å². The van der Waals surface area contributed by atoms with Crippen LogP contribution in [0.4, 0.5) is 4.39 Å². The highest BCUT2D eigenvalue weighted by molar-refractivity contribution is 5.94. The van der Waals surface area contributed by atoms with Crippen molar-refractivity contribution >= 4 is 5.91 Å². The molecule has 7 heteroatoms. The van der Waals surface area contributed by atoms with Gasteiger partial charge in [0, 0.05) is 42.9 Å². The van der Waals surface area contributed by atoms with E-state index in [1.54, 1.807) is 17.0 Å². The summed E-state index contributed by atoms with van der Waals surface area (Å²) in [5.74, 6) is 0.433. The molecule has 2 heterocycles. The first kappa shape index (κ1) is 22.1. The number of halogens is 1. The van der Waals surface area contributed by atoms with Gasteiger partial charge >= 0.3 is 0 Å². The summed E-state index contributed by atoms with van der Waals surface area (Å²) >= 11 is 0. The third kappa shape index (κ3) is 4.51. The molecule has 0 atom stereocenters. The van der Waals surface area contributed by atoms with E-state index in [0.717, 1.165) is 66.1 Å². The number of amides is 1. The molecule has 0 N–H and O–H groups in total. The summed E-state index contributed by atoms with van der Waals surface area (Å²) in [6.45, 7) is 0.582. The van der Waals surface area contributed by atoms with E-state index in [9.17, 15) is 9.18 Å². The van der Waals surface area contributed by atoms with Crippen molar-refractivity contribution in [2.45, 2.75) is 38.5 Å². The van der Waals surface area contributed by atoms with Crippen molar-refractivity contribution in [3.63, 3.8) is 0 Å². The molecule has 174 valence electrons. The number of nitrogens with zero attached hydrogens (tertiary/aromatic N) is 4. The highest BCUT2D eigenvalue weighted by Crippen LogP contribution is 2.28. The summed E-state index contributed by atoms with van der Waals surface area (Å²) in [6.07, 6.45) is 5.26. The average molecular weight is 459 g/mol. The average Bonchev–Trinajstić information content (AvgIpc) is 3.50. The molecule has 0 spiro atoms. The van der Waals surface area contributed by atoms with Crippen LogP contribution in [0.25, 0.3) is 16.9 Å². The van der Waals surface area contributed by atoms with Crippen LogP contribution >= 0.6 is 0 Å². The van der Waals surface area contributed by atoms with Gasteiger partial charge in [-0.2, -0.15) is 5.10 Å². The zero-order valence-electron chi connectivity index (χ0n) is 19.2. The Morgan fingerprint density at radius 3 is 2.65 bits per heavy atom. The number of rotatable bonds is 7. The number of fused-ring (bicyclic) bond motifs is 1. The first-order valence-corrected chi connectivity index (χ1v) is 11.7. The molecule has 0 fully saturated rings. The van der Waals surface area contributed by atoms with Crippen LogP contribution in [-0.2, 0) is 19.3 Å². The summed E-state index contributed by atoms with van der Waals surface area (Å²) in [5, 5.41) is 8.85. The van der Waals surface area contributed by atoms with E-state index in [1.165, 1.54) is 12.1 Å².